The van der Waals surface area contributed by atoms with Gasteiger partial charge in [-0.05, 0) is 35.0 Å². The summed E-state index contributed by atoms with van der Waals surface area (Å²) in [5.41, 5.74) is 0.906. The van der Waals surface area contributed by atoms with Crippen molar-refractivity contribution in [3.8, 4) is 11.4 Å². The van der Waals surface area contributed by atoms with Crippen molar-refractivity contribution in [2.75, 3.05) is 0 Å². The van der Waals surface area contributed by atoms with Gasteiger partial charge in [0.1, 0.15) is 5.82 Å². The minimum absolute atomic E-state index is 0.114. The zero-order valence-corrected chi connectivity index (χ0v) is 9.40. The lowest BCUT2D eigenvalue weighted by Gasteiger charge is -2.03. The van der Waals surface area contributed by atoms with Crippen LogP contribution in [0, 0.1) is 18.6 Å². The van der Waals surface area contributed by atoms with Crippen molar-refractivity contribution in [1.29, 1.82) is 0 Å². The summed E-state index contributed by atoms with van der Waals surface area (Å²) < 4.78 is 27.0. The second-order valence-electron chi connectivity index (χ2n) is 3.13. The van der Waals surface area contributed by atoms with Crippen molar-refractivity contribution in [3.05, 3.63) is 40.1 Å². The maximum absolute atomic E-state index is 13.5. The van der Waals surface area contributed by atoms with Crippen molar-refractivity contribution < 1.29 is 8.78 Å². The van der Waals surface area contributed by atoms with E-state index in [1.165, 1.54) is 6.07 Å². The van der Waals surface area contributed by atoms with Crippen molar-refractivity contribution in [3.63, 3.8) is 0 Å². The van der Waals surface area contributed by atoms with Crippen molar-refractivity contribution in [2.45, 2.75) is 6.92 Å². The van der Waals surface area contributed by atoms with Gasteiger partial charge in [-0.2, -0.15) is 0 Å². The highest BCUT2D eigenvalue weighted by molar-refractivity contribution is 9.10. The van der Waals surface area contributed by atoms with Gasteiger partial charge in [0.15, 0.2) is 11.6 Å². The first-order valence-corrected chi connectivity index (χ1v) is 5.04. The van der Waals surface area contributed by atoms with Crippen molar-refractivity contribution in [1.82, 2.24) is 9.97 Å². The molecule has 0 radical (unpaired) electrons. The molecule has 2 rings (SSSR count). The van der Waals surface area contributed by atoms with Gasteiger partial charge in [0, 0.05) is 16.4 Å². The summed E-state index contributed by atoms with van der Waals surface area (Å²) in [6.07, 6.45) is 1.56. The molecule has 0 aliphatic rings. The number of aryl methyl sites for hydroxylation is 1. The van der Waals surface area contributed by atoms with E-state index in [9.17, 15) is 8.78 Å². The molecule has 0 aliphatic heterocycles. The molecular formula is C10H7BrF2N2. The fraction of sp³-hybridized carbons (Fsp3) is 0.100. The number of benzene rings is 1. The number of hydrogen-bond donors (Lipinski definition) is 1. The van der Waals surface area contributed by atoms with E-state index < -0.39 is 11.6 Å². The third-order valence-electron chi connectivity index (χ3n) is 1.98. The topological polar surface area (TPSA) is 28.7 Å². The lowest BCUT2D eigenvalue weighted by atomic mass is 10.2. The van der Waals surface area contributed by atoms with Gasteiger partial charge in [0.2, 0.25) is 0 Å². The van der Waals surface area contributed by atoms with Crippen LogP contribution in [-0.4, -0.2) is 9.97 Å². The van der Waals surface area contributed by atoms with Crippen LogP contribution in [-0.2, 0) is 0 Å². The molecule has 2 aromatic rings. The molecule has 78 valence electrons. The number of nitrogens with one attached hydrogen (secondary N) is 1. The lowest BCUT2D eigenvalue weighted by molar-refractivity contribution is 0.510. The average molecular weight is 273 g/mol. The van der Waals surface area contributed by atoms with Crippen LogP contribution in [0.3, 0.4) is 0 Å². The van der Waals surface area contributed by atoms with E-state index in [-0.39, 0.29) is 5.56 Å². The molecular weight excluding hydrogens is 266 g/mol. The molecule has 1 N–H and O–H groups in total. The molecule has 0 unspecified atom stereocenters. The molecule has 5 heteroatoms. The minimum atomic E-state index is -0.904. The van der Waals surface area contributed by atoms with Crippen LogP contribution in [0.5, 0.6) is 0 Å². The fourth-order valence-electron chi connectivity index (χ4n) is 1.28. The summed E-state index contributed by atoms with van der Waals surface area (Å²) in [4.78, 5) is 6.81. The number of halogens is 3. The van der Waals surface area contributed by atoms with Gasteiger partial charge in [-0.3, -0.25) is 0 Å². The molecule has 0 saturated carbocycles. The van der Waals surface area contributed by atoms with Crippen LogP contribution in [0.15, 0.2) is 22.8 Å². The first-order valence-electron chi connectivity index (χ1n) is 4.25. The van der Waals surface area contributed by atoms with E-state index in [2.05, 4.69) is 25.9 Å². The Morgan fingerprint density at radius 3 is 2.67 bits per heavy atom. The zero-order valence-electron chi connectivity index (χ0n) is 7.81. The summed E-state index contributed by atoms with van der Waals surface area (Å²) in [5.74, 6) is -1.47. The monoisotopic (exact) mass is 272 g/mol. The summed E-state index contributed by atoms with van der Waals surface area (Å²) in [6, 6.07) is 2.52. The molecule has 1 aromatic carbocycles. The predicted octanol–water partition coefficient (Wildman–Crippen LogP) is 3.43. The second kappa shape index (κ2) is 3.73. The van der Waals surface area contributed by atoms with Gasteiger partial charge in [-0.1, -0.05) is 0 Å². The van der Waals surface area contributed by atoms with Crippen LogP contribution in [0.4, 0.5) is 8.78 Å². The average Bonchev–Trinajstić information content (AvgIpc) is 2.59. The lowest BCUT2D eigenvalue weighted by Crippen LogP contribution is -1.92. The number of aromatic nitrogens is 2. The standard InChI is InChI=1S/C10H7BrF2N2/c1-5-4-14-10(15-5)8-6(11)2-3-7(12)9(8)13/h2-4H,1H3,(H,14,15). The third kappa shape index (κ3) is 1.79. The maximum Gasteiger partial charge on any atom is 0.170 e. The molecule has 0 spiro atoms. The number of imidazole rings is 1. The van der Waals surface area contributed by atoms with E-state index in [0.717, 1.165) is 11.8 Å². The summed E-state index contributed by atoms with van der Waals surface area (Å²) in [5, 5.41) is 0. The number of rotatable bonds is 1. The molecule has 0 fully saturated rings. The first kappa shape index (κ1) is 10.3. The van der Waals surface area contributed by atoms with Gasteiger partial charge in [-0.25, -0.2) is 13.8 Å². The van der Waals surface area contributed by atoms with Gasteiger partial charge in [-0.15, -0.1) is 0 Å². The Morgan fingerprint density at radius 1 is 1.33 bits per heavy atom. The number of nitrogens with zero attached hydrogens (tertiary/aromatic N) is 1. The Labute approximate surface area is 93.5 Å². The van der Waals surface area contributed by atoms with E-state index in [0.29, 0.717) is 10.3 Å². The van der Waals surface area contributed by atoms with E-state index in [1.807, 2.05) is 0 Å². The SMILES string of the molecule is Cc1cnc(-c2c(Br)ccc(F)c2F)[nH]1. The molecule has 0 saturated heterocycles. The Balaban J connectivity index is 2.66. The summed E-state index contributed by atoms with van der Waals surface area (Å²) in [6.45, 7) is 1.79. The number of hydrogen-bond acceptors (Lipinski definition) is 1. The highest BCUT2D eigenvalue weighted by Gasteiger charge is 2.16. The smallest absolute Gasteiger partial charge is 0.170 e. The number of aromatic amines is 1. The molecule has 2 nitrogen and oxygen atoms in total. The zero-order chi connectivity index (χ0) is 11.0. The normalized spacial score (nSPS) is 10.7. The molecule has 0 aliphatic carbocycles. The Morgan fingerprint density at radius 2 is 2.07 bits per heavy atom. The molecule has 15 heavy (non-hydrogen) atoms. The molecule has 1 heterocycles. The van der Waals surface area contributed by atoms with Gasteiger partial charge >= 0.3 is 0 Å². The first-order chi connectivity index (χ1) is 7.09. The van der Waals surface area contributed by atoms with Crippen LogP contribution in [0.1, 0.15) is 5.69 Å². The maximum atomic E-state index is 13.5. The van der Waals surface area contributed by atoms with Crippen molar-refractivity contribution in [2.24, 2.45) is 0 Å². The Bertz CT molecular complexity index is 508. The van der Waals surface area contributed by atoms with Crippen LogP contribution in [0.2, 0.25) is 0 Å². The summed E-state index contributed by atoms with van der Waals surface area (Å²) >= 11 is 3.16. The predicted molar refractivity (Wildman–Crippen MR) is 56.4 cm³/mol. The molecule has 0 amide bonds. The largest absolute Gasteiger partial charge is 0.342 e. The quantitative estimate of drug-likeness (QED) is 0.792. The summed E-state index contributed by atoms with van der Waals surface area (Å²) in [7, 11) is 0. The minimum Gasteiger partial charge on any atom is -0.342 e. The van der Waals surface area contributed by atoms with E-state index >= 15 is 0 Å². The molecule has 1 aromatic heterocycles. The van der Waals surface area contributed by atoms with Crippen LogP contribution in [0.25, 0.3) is 11.4 Å². The second-order valence-corrected chi connectivity index (χ2v) is 3.99. The molecule has 0 atom stereocenters. The Hall–Kier alpha value is -1.23. The van der Waals surface area contributed by atoms with Gasteiger partial charge in [0.05, 0.1) is 5.56 Å². The highest BCUT2D eigenvalue weighted by Crippen LogP contribution is 2.30. The highest BCUT2D eigenvalue weighted by atomic mass is 79.9. The van der Waals surface area contributed by atoms with Gasteiger partial charge < -0.3 is 4.98 Å². The van der Waals surface area contributed by atoms with Crippen LogP contribution < -0.4 is 0 Å². The van der Waals surface area contributed by atoms with E-state index in [1.54, 1.807) is 13.1 Å². The fourth-order valence-corrected chi connectivity index (χ4v) is 1.78. The van der Waals surface area contributed by atoms with Crippen molar-refractivity contribution >= 4 is 15.9 Å². The van der Waals surface area contributed by atoms with E-state index in [4.69, 9.17) is 0 Å². The number of H-pyrrole nitrogens is 1. The third-order valence-corrected chi connectivity index (χ3v) is 2.64. The van der Waals surface area contributed by atoms with Crippen LogP contribution >= 0.6 is 15.9 Å². The Kier molecular flexibility index (Phi) is 2.56. The molecule has 0 bridgehead atoms. The van der Waals surface area contributed by atoms with Gasteiger partial charge in [0.25, 0.3) is 0 Å².